The number of nitrogens with one attached hydrogen (secondary N) is 1. The van der Waals surface area contributed by atoms with Gasteiger partial charge < -0.3 is 16.8 Å². The Labute approximate surface area is 120 Å². The van der Waals surface area contributed by atoms with Crippen molar-refractivity contribution in [2.24, 2.45) is 18.5 Å². The van der Waals surface area contributed by atoms with Crippen LogP contribution in [-0.4, -0.2) is 38.8 Å². The molecule has 114 valence electrons. The number of nitrogens with zero attached hydrogens (tertiary/aromatic N) is 2. The second kappa shape index (κ2) is 6.16. The standard InChI is InChI=1S/C12H17N5O4/c1-12(11(14)21,5-3-8(18)9(13)19)15-10(20)7-4-6-17(2)16-7/h4,6H,3,5H2,1-2H3,(H2,13,19)(H2,14,21)(H,15,20). The SMILES string of the molecule is Cn1ccc(C(=O)NC(C)(CCC(=O)C(N)=O)C(N)=O)n1. The lowest BCUT2D eigenvalue weighted by Gasteiger charge is -2.26. The van der Waals surface area contributed by atoms with Gasteiger partial charge in [0.1, 0.15) is 11.2 Å². The molecule has 1 unspecified atom stereocenters. The lowest BCUT2D eigenvalue weighted by molar-refractivity contribution is -0.136. The summed E-state index contributed by atoms with van der Waals surface area (Å²) in [6.07, 6.45) is 1.13. The Bertz CT molecular complexity index is 594. The highest BCUT2D eigenvalue weighted by Crippen LogP contribution is 2.13. The Balaban J connectivity index is 2.80. The number of aromatic nitrogens is 2. The maximum Gasteiger partial charge on any atom is 0.284 e. The van der Waals surface area contributed by atoms with E-state index in [4.69, 9.17) is 11.5 Å². The largest absolute Gasteiger partial charge is 0.368 e. The zero-order valence-corrected chi connectivity index (χ0v) is 11.8. The molecule has 1 rings (SSSR count). The van der Waals surface area contributed by atoms with Crippen LogP contribution in [0, 0.1) is 0 Å². The van der Waals surface area contributed by atoms with E-state index in [-0.39, 0.29) is 18.5 Å². The van der Waals surface area contributed by atoms with Crippen LogP contribution in [0.3, 0.4) is 0 Å². The van der Waals surface area contributed by atoms with Gasteiger partial charge in [-0.05, 0) is 19.4 Å². The van der Waals surface area contributed by atoms with Crippen molar-refractivity contribution in [3.8, 4) is 0 Å². The quantitative estimate of drug-likeness (QED) is 0.508. The van der Waals surface area contributed by atoms with E-state index in [0.717, 1.165) is 0 Å². The fourth-order valence-electron chi connectivity index (χ4n) is 1.58. The molecule has 0 radical (unpaired) electrons. The van der Waals surface area contributed by atoms with Crippen molar-refractivity contribution < 1.29 is 19.2 Å². The molecular weight excluding hydrogens is 278 g/mol. The van der Waals surface area contributed by atoms with Gasteiger partial charge in [0.25, 0.3) is 11.8 Å². The molecule has 0 fully saturated rings. The third-order valence-electron chi connectivity index (χ3n) is 3.01. The second-order valence-electron chi connectivity index (χ2n) is 4.81. The van der Waals surface area contributed by atoms with Crippen LogP contribution in [0.5, 0.6) is 0 Å². The molecule has 0 saturated heterocycles. The highest BCUT2D eigenvalue weighted by atomic mass is 16.2. The van der Waals surface area contributed by atoms with Gasteiger partial charge in [-0.1, -0.05) is 0 Å². The van der Waals surface area contributed by atoms with Crippen LogP contribution in [0.2, 0.25) is 0 Å². The zero-order chi connectivity index (χ0) is 16.2. The molecule has 0 bridgehead atoms. The summed E-state index contributed by atoms with van der Waals surface area (Å²) in [5, 5.41) is 6.31. The van der Waals surface area contributed by atoms with Crippen molar-refractivity contribution in [1.29, 1.82) is 0 Å². The van der Waals surface area contributed by atoms with E-state index < -0.39 is 29.0 Å². The summed E-state index contributed by atoms with van der Waals surface area (Å²) >= 11 is 0. The summed E-state index contributed by atoms with van der Waals surface area (Å²) in [6.45, 7) is 1.37. The lowest BCUT2D eigenvalue weighted by Crippen LogP contribution is -2.55. The van der Waals surface area contributed by atoms with Gasteiger partial charge in [0.15, 0.2) is 0 Å². The average molecular weight is 295 g/mol. The topological polar surface area (TPSA) is 150 Å². The lowest BCUT2D eigenvalue weighted by atomic mass is 9.93. The first-order valence-electron chi connectivity index (χ1n) is 6.10. The van der Waals surface area contributed by atoms with Crippen molar-refractivity contribution in [3.63, 3.8) is 0 Å². The van der Waals surface area contributed by atoms with Gasteiger partial charge in [-0.3, -0.25) is 23.9 Å². The van der Waals surface area contributed by atoms with E-state index >= 15 is 0 Å². The van der Waals surface area contributed by atoms with Crippen molar-refractivity contribution in [2.45, 2.75) is 25.3 Å². The summed E-state index contributed by atoms with van der Waals surface area (Å²) in [4.78, 5) is 45.4. The predicted octanol–water partition coefficient (Wildman–Crippen LogP) is -1.77. The monoisotopic (exact) mass is 295 g/mol. The smallest absolute Gasteiger partial charge is 0.284 e. The molecule has 5 N–H and O–H groups in total. The molecule has 1 atom stereocenters. The molecule has 0 spiro atoms. The first kappa shape index (κ1) is 16.3. The van der Waals surface area contributed by atoms with E-state index in [0.29, 0.717) is 0 Å². The van der Waals surface area contributed by atoms with Crippen LogP contribution >= 0.6 is 0 Å². The highest BCUT2D eigenvalue weighted by molar-refractivity contribution is 6.35. The molecule has 9 heteroatoms. The summed E-state index contributed by atoms with van der Waals surface area (Å²) < 4.78 is 1.42. The number of hydrogen-bond acceptors (Lipinski definition) is 5. The number of ketones is 1. The Hall–Kier alpha value is -2.71. The third-order valence-corrected chi connectivity index (χ3v) is 3.01. The van der Waals surface area contributed by atoms with E-state index in [9.17, 15) is 19.2 Å². The second-order valence-corrected chi connectivity index (χ2v) is 4.81. The molecular formula is C12H17N5O4. The van der Waals surface area contributed by atoms with Crippen LogP contribution in [0.25, 0.3) is 0 Å². The number of nitrogens with two attached hydrogens (primary N) is 2. The molecule has 0 aliphatic rings. The van der Waals surface area contributed by atoms with E-state index in [2.05, 4.69) is 10.4 Å². The number of hydrogen-bond donors (Lipinski definition) is 3. The number of primary amides is 2. The maximum atomic E-state index is 12.0. The number of Topliss-reactive ketones (excluding diaryl/α,β-unsaturated/α-hetero) is 1. The van der Waals surface area contributed by atoms with E-state index in [1.807, 2.05) is 0 Å². The van der Waals surface area contributed by atoms with Crippen molar-refractivity contribution in [3.05, 3.63) is 18.0 Å². The van der Waals surface area contributed by atoms with Crippen molar-refractivity contribution in [1.82, 2.24) is 15.1 Å². The maximum absolute atomic E-state index is 12.0. The normalized spacial score (nSPS) is 13.2. The van der Waals surface area contributed by atoms with Crippen molar-refractivity contribution >= 4 is 23.5 Å². The van der Waals surface area contributed by atoms with Gasteiger partial charge in [-0.2, -0.15) is 5.10 Å². The molecule has 21 heavy (non-hydrogen) atoms. The minimum absolute atomic E-state index is 0.103. The number of amides is 3. The molecule has 1 aromatic rings. The Kier molecular flexibility index (Phi) is 4.79. The summed E-state index contributed by atoms with van der Waals surface area (Å²) in [7, 11) is 1.63. The van der Waals surface area contributed by atoms with Crippen molar-refractivity contribution in [2.75, 3.05) is 0 Å². The number of carbonyl (C=O) groups is 4. The fourth-order valence-corrected chi connectivity index (χ4v) is 1.58. The van der Waals surface area contributed by atoms with Crippen LogP contribution in [0.15, 0.2) is 12.3 Å². The van der Waals surface area contributed by atoms with Gasteiger partial charge in [0, 0.05) is 19.7 Å². The molecule has 0 aromatic carbocycles. The molecule has 0 aliphatic carbocycles. The van der Waals surface area contributed by atoms with Crippen LogP contribution < -0.4 is 16.8 Å². The minimum Gasteiger partial charge on any atom is -0.368 e. The Morgan fingerprint density at radius 2 is 1.95 bits per heavy atom. The fraction of sp³-hybridized carbons (Fsp3) is 0.417. The first-order valence-corrected chi connectivity index (χ1v) is 6.10. The first-order chi connectivity index (χ1) is 9.65. The van der Waals surface area contributed by atoms with E-state index in [1.54, 1.807) is 13.2 Å². The van der Waals surface area contributed by atoms with Gasteiger partial charge in [0.2, 0.25) is 11.7 Å². The summed E-state index contributed by atoms with van der Waals surface area (Å²) in [5.41, 5.74) is 8.71. The predicted molar refractivity (Wildman–Crippen MR) is 71.7 cm³/mol. The van der Waals surface area contributed by atoms with Gasteiger partial charge in [-0.15, -0.1) is 0 Å². The molecule has 0 saturated carbocycles. The van der Waals surface area contributed by atoms with Gasteiger partial charge >= 0.3 is 0 Å². The molecule has 9 nitrogen and oxygen atoms in total. The molecule has 3 amide bonds. The van der Waals surface area contributed by atoms with E-state index in [1.165, 1.54) is 17.7 Å². The average Bonchev–Trinajstić information content (AvgIpc) is 2.82. The molecule has 1 heterocycles. The van der Waals surface area contributed by atoms with Gasteiger partial charge in [0.05, 0.1) is 0 Å². The summed E-state index contributed by atoms with van der Waals surface area (Å²) in [5.74, 6) is -3.38. The minimum atomic E-state index is -1.49. The number of aryl methyl sites for hydroxylation is 1. The highest BCUT2D eigenvalue weighted by Gasteiger charge is 2.34. The van der Waals surface area contributed by atoms with Gasteiger partial charge in [-0.25, -0.2) is 0 Å². The number of rotatable bonds is 7. The summed E-state index contributed by atoms with van der Waals surface area (Å²) in [6, 6.07) is 1.46. The van der Waals surface area contributed by atoms with Crippen LogP contribution in [-0.2, 0) is 21.4 Å². The molecule has 1 aromatic heterocycles. The number of carbonyl (C=O) groups excluding carboxylic acids is 4. The third kappa shape index (κ3) is 4.13. The zero-order valence-electron chi connectivity index (χ0n) is 11.8. The Morgan fingerprint density at radius 1 is 1.33 bits per heavy atom. The van der Waals surface area contributed by atoms with Crippen LogP contribution in [0.4, 0.5) is 0 Å². The molecule has 0 aliphatic heterocycles. The Morgan fingerprint density at radius 3 is 2.38 bits per heavy atom. The van der Waals surface area contributed by atoms with Crippen LogP contribution in [0.1, 0.15) is 30.3 Å².